The third-order valence-electron chi connectivity index (χ3n) is 0.969. The van der Waals surface area contributed by atoms with Gasteiger partial charge in [-0.05, 0) is 27.7 Å². The van der Waals surface area contributed by atoms with E-state index in [1.807, 2.05) is 27.7 Å². The van der Waals surface area contributed by atoms with Gasteiger partial charge in [0.2, 0.25) is 0 Å². The lowest BCUT2D eigenvalue weighted by atomic mass is 10.5. The zero-order valence-corrected chi connectivity index (χ0v) is 7.79. The first-order valence-corrected chi connectivity index (χ1v) is 3.94. The number of rotatable bonds is 6. The molecule has 68 valence electrons. The van der Waals surface area contributed by atoms with Gasteiger partial charge in [0, 0.05) is 0 Å². The highest BCUT2D eigenvalue weighted by molar-refractivity contribution is 4.31. The predicted octanol–water partition coefficient (Wildman–Crippen LogP) is 1.77. The van der Waals surface area contributed by atoms with E-state index in [9.17, 15) is 0 Å². The van der Waals surface area contributed by atoms with Gasteiger partial charge in [-0.25, -0.2) is 0 Å². The summed E-state index contributed by atoms with van der Waals surface area (Å²) in [5, 5.41) is 0. The molecule has 0 aromatic heterocycles. The largest absolute Gasteiger partial charge is 0.353 e. The van der Waals surface area contributed by atoms with E-state index >= 15 is 0 Å². The Morgan fingerprint density at radius 3 is 1.45 bits per heavy atom. The molecule has 0 aromatic rings. The molecule has 0 aliphatic heterocycles. The minimum atomic E-state index is 0.217. The summed E-state index contributed by atoms with van der Waals surface area (Å²) in [6, 6.07) is 0. The summed E-state index contributed by atoms with van der Waals surface area (Å²) in [6.45, 7) is 8.48. The lowest BCUT2D eigenvalue weighted by Crippen LogP contribution is -2.11. The van der Waals surface area contributed by atoms with Crippen LogP contribution in [0, 0.1) is 0 Å². The first-order chi connectivity index (χ1) is 5.13. The van der Waals surface area contributed by atoms with Gasteiger partial charge < -0.3 is 14.2 Å². The molecule has 0 radical (unpaired) electrons. The topological polar surface area (TPSA) is 27.7 Å². The van der Waals surface area contributed by atoms with Gasteiger partial charge in [-0.2, -0.15) is 0 Å². The maximum atomic E-state index is 5.12. The normalized spacial score (nSPS) is 11.5. The molecule has 0 saturated carbocycles. The quantitative estimate of drug-likeness (QED) is 0.440. The lowest BCUT2D eigenvalue weighted by Gasteiger charge is -2.10. The van der Waals surface area contributed by atoms with Gasteiger partial charge in [-0.1, -0.05) is 0 Å². The SMILES string of the molecule is CC(C)OCOCOC(C)C. The summed E-state index contributed by atoms with van der Waals surface area (Å²) < 4.78 is 15.3. The molecule has 0 fully saturated rings. The monoisotopic (exact) mass is 162 g/mol. The molecule has 0 amide bonds. The Labute approximate surface area is 68.6 Å². The number of ether oxygens (including phenoxy) is 3. The molecular weight excluding hydrogens is 144 g/mol. The molecule has 0 saturated heterocycles. The molecule has 0 atom stereocenters. The van der Waals surface area contributed by atoms with Crippen molar-refractivity contribution in [2.24, 2.45) is 0 Å². The lowest BCUT2D eigenvalue weighted by molar-refractivity contribution is -0.154. The zero-order valence-electron chi connectivity index (χ0n) is 7.79. The smallest absolute Gasteiger partial charge is 0.149 e. The van der Waals surface area contributed by atoms with Crippen LogP contribution in [-0.2, 0) is 14.2 Å². The molecule has 0 rings (SSSR count). The summed E-state index contributed by atoms with van der Waals surface area (Å²) in [7, 11) is 0. The molecule has 0 aromatic carbocycles. The highest BCUT2D eigenvalue weighted by atomic mass is 16.7. The van der Waals surface area contributed by atoms with E-state index in [1.54, 1.807) is 0 Å². The summed E-state index contributed by atoms with van der Waals surface area (Å²) in [5.41, 5.74) is 0. The van der Waals surface area contributed by atoms with Crippen molar-refractivity contribution < 1.29 is 14.2 Å². The van der Waals surface area contributed by atoms with Crippen LogP contribution in [-0.4, -0.2) is 25.8 Å². The van der Waals surface area contributed by atoms with Crippen molar-refractivity contribution in [2.75, 3.05) is 13.6 Å². The second-order valence-electron chi connectivity index (χ2n) is 2.87. The van der Waals surface area contributed by atoms with Crippen LogP contribution in [0.4, 0.5) is 0 Å². The fourth-order valence-corrected chi connectivity index (χ4v) is 0.402. The van der Waals surface area contributed by atoms with Gasteiger partial charge in [0.15, 0.2) is 0 Å². The van der Waals surface area contributed by atoms with Crippen LogP contribution in [0.25, 0.3) is 0 Å². The summed E-state index contributed by atoms with van der Waals surface area (Å²) in [6.07, 6.45) is 0.433. The van der Waals surface area contributed by atoms with Crippen molar-refractivity contribution in [1.82, 2.24) is 0 Å². The molecule has 0 spiro atoms. The van der Waals surface area contributed by atoms with Gasteiger partial charge in [0.25, 0.3) is 0 Å². The third-order valence-corrected chi connectivity index (χ3v) is 0.969. The molecule has 3 nitrogen and oxygen atoms in total. The molecule has 3 heteroatoms. The van der Waals surface area contributed by atoms with Crippen molar-refractivity contribution >= 4 is 0 Å². The van der Waals surface area contributed by atoms with Gasteiger partial charge >= 0.3 is 0 Å². The van der Waals surface area contributed by atoms with Crippen molar-refractivity contribution in [3.05, 3.63) is 0 Å². The third kappa shape index (κ3) is 9.88. The van der Waals surface area contributed by atoms with E-state index in [2.05, 4.69) is 0 Å². The molecule has 0 aliphatic rings. The first kappa shape index (κ1) is 10.9. The Morgan fingerprint density at radius 1 is 0.818 bits per heavy atom. The van der Waals surface area contributed by atoms with Crippen LogP contribution in [0.15, 0.2) is 0 Å². The van der Waals surface area contributed by atoms with Crippen molar-refractivity contribution in [2.45, 2.75) is 39.9 Å². The second-order valence-corrected chi connectivity index (χ2v) is 2.87. The number of hydrogen-bond acceptors (Lipinski definition) is 3. The fourth-order valence-electron chi connectivity index (χ4n) is 0.402. The zero-order chi connectivity index (χ0) is 8.69. The predicted molar refractivity (Wildman–Crippen MR) is 43.3 cm³/mol. The van der Waals surface area contributed by atoms with Crippen LogP contribution in [0.3, 0.4) is 0 Å². The molecule has 0 unspecified atom stereocenters. The maximum Gasteiger partial charge on any atom is 0.149 e. The minimum Gasteiger partial charge on any atom is -0.353 e. The van der Waals surface area contributed by atoms with Gasteiger partial charge in [-0.15, -0.1) is 0 Å². The molecule has 0 N–H and O–H groups in total. The highest BCUT2D eigenvalue weighted by Gasteiger charge is 1.94. The summed E-state index contributed by atoms with van der Waals surface area (Å²) >= 11 is 0. The average Bonchev–Trinajstić information content (AvgIpc) is 1.85. The van der Waals surface area contributed by atoms with E-state index in [1.165, 1.54) is 0 Å². The number of hydrogen-bond donors (Lipinski definition) is 0. The molecule has 11 heavy (non-hydrogen) atoms. The van der Waals surface area contributed by atoms with E-state index in [-0.39, 0.29) is 12.2 Å². The van der Waals surface area contributed by atoms with Crippen LogP contribution in [0.1, 0.15) is 27.7 Å². The average molecular weight is 162 g/mol. The second kappa shape index (κ2) is 6.58. The molecule has 0 aliphatic carbocycles. The van der Waals surface area contributed by atoms with Gasteiger partial charge in [0.05, 0.1) is 12.2 Å². The van der Waals surface area contributed by atoms with Gasteiger partial charge in [0.1, 0.15) is 13.6 Å². The Balaban J connectivity index is 2.91. The Hall–Kier alpha value is -0.120. The van der Waals surface area contributed by atoms with E-state index < -0.39 is 0 Å². The van der Waals surface area contributed by atoms with Crippen molar-refractivity contribution in [1.29, 1.82) is 0 Å². The van der Waals surface area contributed by atoms with E-state index in [0.717, 1.165) is 0 Å². The van der Waals surface area contributed by atoms with Crippen molar-refractivity contribution in [3.8, 4) is 0 Å². The maximum absolute atomic E-state index is 5.12. The minimum absolute atomic E-state index is 0.217. The standard InChI is InChI=1S/C8H18O3/c1-7(2)10-5-9-6-11-8(3)4/h7-8H,5-6H2,1-4H3. The highest BCUT2D eigenvalue weighted by Crippen LogP contribution is 1.90. The Kier molecular flexibility index (Phi) is 6.51. The summed E-state index contributed by atoms with van der Waals surface area (Å²) in [5.74, 6) is 0. The molecule has 0 bridgehead atoms. The van der Waals surface area contributed by atoms with Crippen LogP contribution < -0.4 is 0 Å². The van der Waals surface area contributed by atoms with Crippen LogP contribution in [0.2, 0.25) is 0 Å². The van der Waals surface area contributed by atoms with Crippen molar-refractivity contribution in [3.63, 3.8) is 0 Å². The van der Waals surface area contributed by atoms with E-state index in [4.69, 9.17) is 14.2 Å². The van der Waals surface area contributed by atoms with Gasteiger partial charge in [-0.3, -0.25) is 0 Å². The van der Waals surface area contributed by atoms with Crippen LogP contribution >= 0.6 is 0 Å². The molecular formula is C8H18O3. The molecule has 0 heterocycles. The van der Waals surface area contributed by atoms with Crippen LogP contribution in [0.5, 0.6) is 0 Å². The Morgan fingerprint density at radius 2 is 1.18 bits per heavy atom. The Bertz CT molecular complexity index is 71.4. The fraction of sp³-hybridized carbons (Fsp3) is 1.00. The summed E-state index contributed by atoms with van der Waals surface area (Å²) in [4.78, 5) is 0. The van der Waals surface area contributed by atoms with E-state index in [0.29, 0.717) is 13.6 Å². The first-order valence-electron chi connectivity index (χ1n) is 3.94.